The van der Waals surface area contributed by atoms with Crippen molar-refractivity contribution in [3.63, 3.8) is 0 Å². The van der Waals surface area contributed by atoms with Crippen molar-refractivity contribution < 1.29 is 28.8 Å². The van der Waals surface area contributed by atoms with Crippen LogP contribution in [0.25, 0.3) is 17.2 Å². The summed E-state index contributed by atoms with van der Waals surface area (Å²) >= 11 is 0. The van der Waals surface area contributed by atoms with Crippen molar-refractivity contribution in [2.45, 2.75) is 26.6 Å². The maximum absolute atomic E-state index is 12.7. The average molecular weight is 452 g/mol. The van der Waals surface area contributed by atoms with Crippen molar-refractivity contribution in [2.24, 2.45) is 0 Å². The van der Waals surface area contributed by atoms with E-state index in [1.165, 1.54) is 14.2 Å². The summed E-state index contributed by atoms with van der Waals surface area (Å²) in [7, 11) is 3.01. The summed E-state index contributed by atoms with van der Waals surface area (Å²) in [5.74, 6) is 0.552. The van der Waals surface area contributed by atoms with Crippen LogP contribution in [0.2, 0.25) is 0 Å². The third kappa shape index (κ3) is 4.74. The van der Waals surface area contributed by atoms with Gasteiger partial charge in [0.15, 0.2) is 17.8 Å². The molecule has 2 N–H and O–H groups in total. The fourth-order valence-corrected chi connectivity index (χ4v) is 4.23. The van der Waals surface area contributed by atoms with E-state index in [4.69, 9.17) is 18.9 Å². The number of allylic oxidation sites excluding steroid dienone is 2. The number of phenolic OH excluding ortho intramolecular Hbond substituents is 1. The number of methoxy groups -OCH3 is 2. The van der Waals surface area contributed by atoms with E-state index in [1.807, 2.05) is 19.9 Å². The molecule has 4 rings (SSSR count). The van der Waals surface area contributed by atoms with Gasteiger partial charge in [0, 0.05) is 0 Å². The van der Waals surface area contributed by atoms with Gasteiger partial charge in [0.25, 0.3) is 0 Å². The molecule has 2 aromatic rings. The zero-order valence-corrected chi connectivity index (χ0v) is 19.4. The fourth-order valence-electron chi connectivity index (χ4n) is 4.23. The van der Waals surface area contributed by atoms with Gasteiger partial charge in [-0.2, -0.15) is 0 Å². The highest BCUT2D eigenvalue weighted by Gasteiger charge is 2.26. The highest BCUT2D eigenvalue weighted by atomic mass is 16.7. The Morgan fingerprint density at radius 1 is 1.09 bits per heavy atom. The first kappa shape index (κ1) is 22.9. The molecular formula is C26H29NO6. The number of aryl methyl sites for hydroxylation is 1. The minimum Gasteiger partial charge on any atom is -0.502 e. The van der Waals surface area contributed by atoms with E-state index in [0.29, 0.717) is 31.3 Å². The standard InChI is InChI=1S/C26H29NO6/c1-15-5-6-18-19(10-17-11-22(30-3)26(29)23(12-17)31-4)16(2)20(21(18)9-15)13-24(28)27-14-25-32-7-8-33-25/h5-6,9-12,25,29H,7-8,13-14H2,1-4H3,(H,27,28)/b19-10-. The van der Waals surface area contributed by atoms with Crippen molar-refractivity contribution in [3.05, 3.63) is 58.2 Å². The Hall–Kier alpha value is -3.29. The summed E-state index contributed by atoms with van der Waals surface area (Å²) in [6.45, 7) is 5.51. The largest absolute Gasteiger partial charge is 0.502 e. The first-order valence-electron chi connectivity index (χ1n) is 10.9. The lowest BCUT2D eigenvalue weighted by molar-refractivity contribution is -0.122. The lowest BCUT2D eigenvalue weighted by Crippen LogP contribution is -2.32. The highest BCUT2D eigenvalue weighted by molar-refractivity contribution is 6.08. The Kier molecular flexibility index (Phi) is 6.72. The van der Waals surface area contributed by atoms with Gasteiger partial charge in [-0.3, -0.25) is 4.79 Å². The van der Waals surface area contributed by atoms with E-state index in [-0.39, 0.29) is 24.4 Å². The summed E-state index contributed by atoms with van der Waals surface area (Å²) in [6.07, 6.45) is 1.91. The lowest BCUT2D eigenvalue weighted by atomic mass is 9.98. The molecule has 1 saturated heterocycles. The molecule has 1 aliphatic carbocycles. The zero-order valence-electron chi connectivity index (χ0n) is 19.4. The summed E-state index contributed by atoms with van der Waals surface area (Å²) in [4.78, 5) is 12.7. The van der Waals surface area contributed by atoms with Crippen molar-refractivity contribution in [2.75, 3.05) is 34.0 Å². The molecule has 1 fully saturated rings. The minimum atomic E-state index is -0.378. The van der Waals surface area contributed by atoms with Crippen molar-refractivity contribution >= 4 is 23.1 Å². The maximum atomic E-state index is 12.7. The van der Waals surface area contributed by atoms with E-state index in [9.17, 15) is 9.90 Å². The number of carbonyl (C=O) groups excluding carboxylic acids is 1. The van der Waals surface area contributed by atoms with Gasteiger partial charge in [0.2, 0.25) is 11.7 Å². The van der Waals surface area contributed by atoms with E-state index < -0.39 is 0 Å². The molecule has 0 spiro atoms. The third-order valence-electron chi connectivity index (χ3n) is 5.95. The van der Waals surface area contributed by atoms with E-state index in [0.717, 1.165) is 39.0 Å². The molecule has 1 heterocycles. The van der Waals surface area contributed by atoms with Crippen LogP contribution in [-0.4, -0.2) is 51.3 Å². The maximum Gasteiger partial charge on any atom is 0.224 e. The smallest absolute Gasteiger partial charge is 0.224 e. The number of benzene rings is 2. The molecule has 1 aliphatic heterocycles. The second kappa shape index (κ2) is 9.68. The average Bonchev–Trinajstić information content (AvgIpc) is 3.41. The Balaban J connectivity index is 1.67. The Morgan fingerprint density at radius 2 is 1.76 bits per heavy atom. The molecule has 0 unspecified atom stereocenters. The van der Waals surface area contributed by atoms with Gasteiger partial charge in [0.05, 0.1) is 40.4 Å². The number of fused-ring (bicyclic) bond motifs is 1. The Morgan fingerprint density at radius 3 is 2.39 bits per heavy atom. The molecule has 2 aromatic carbocycles. The van der Waals surface area contributed by atoms with Gasteiger partial charge in [0.1, 0.15) is 0 Å². The number of rotatable bonds is 7. The lowest BCUT2D eigenvalue weighted by Gasteiger charge is -2.12. The molecule has 0 radical (unpaired) electrons. The molecule has 0 aromatic heterocycles. The molecule has 0 bridgehead atoms. The predicted molar refractivity (Wildman–Crippen MR) is 126 cm³/mol. The topological polar surface area (TPSA) is 86.3 Å². The summed E-state index contributed by atoms with van der Waals surface area (Å²) < 4.78 is 21.4. The van der Waals surface area contributed by atoms with Crippen LogP contribution in [0.3, 0.4) is 0 Å². The van der Waals surface area contributed by atoms with Crippen LogP contribution < -0.4 is 14.8 Å². The number of aromatic hydroxyl groups is 1. The van der Waals surface area contributed by atoms with E-state index >= 15 is 0 Å². The second-order valence-electron chi connectivity index (χ2n) is 8.14. The van der Waals surface area contributed by atoms with E-state index in [2.05, 4.69) is 23.5 Å². The molecular weight excluding hydrogens is 422 g/mol. The van der Waals surface area contributed by atoms with Crippen LogP contribution in [0.4, 0.5) is 0 Å². The zero-order chi connectivity index (χ0) is 23.5. The fraction of sp³-hybridized carbons (Fsp3) is 0.346. The number of hydrogen-bond acceptors (Lipinski definition) is 6. The van der Waals surface area contributed by atoms with Gasteiger partial charge in [-0.15, -0.1) is 0 Å². The highest BCUT2D eigenvalue weighted by Crippen LogP contribution is 2.45. The minimum absolute atomic E-state index is 0.0376. The molecule has 174 valence electrons. The Bertz CT molecular complexity index is 1100. The van der Waals surface area contributed by atoms with Crippen LogP contribution in [0.5, 0.6) is 17.2 Å². The SMILES string of the molecule is COc1cc(/C=C2/C(C)=C(CC(=O)NCC3OCCO3)c3cc(C)ccc32)cc(OC)c1O. The van der Waals surface area contributed by atoms with Gasteiger partial charge >= 0.3 is 0 Å². The number of ether oxygens (including phenoxy) is 4. The van der Waals surface area contributed by atoms with Crippen LogP contribution in [0, 0.1) is 6.92 Å². The van der Waals surface area contributed by atoms with Gasteiger partial charge in [-0.25, -0.2) is 0 Å². The van der Waals surface area contributed by atoms with Crippen molar-refractivity contribution in [3.8, 4) is 17.2 Å². The van der Waals surface area contributed by atoms with Crippen molar-refractivity contribution in [1.29, 1.82) is 0 Å². The molecule has 7 nitrogen and oxygen atoms in total. The van der Waals surface area contributed by atoms with Gasteiger partial charge < -0.3 is 29.4 Å². The number of phenols is 1. The molecule has 2 aliphatic rings. The van der Waals surface area contributed by atoms with Crippen LogP contribution in [0.1, 0.15) is 35.6 Å². The quantitative estimate of drug-likeness (QED) is 0.664. The molecule has 33 heavy (non-hydrogen) atoms. The van der Waals surface area contributed by atoms with Crippen LogP contribution in [0.15, 0.2) is 35.9 Å². The number of hydrogen-bond donors (Lipinski definition) is 2. The summed E-state index contributed by atoms with van der Waals surface area (Å²) in [6, 6.07) is 9.79. The second-order valence-corrected chi connectivity index (χ2v) is 8.14. The number of nitrogens with one attached hydrogen (secondary N) is 1. The first-order chi connectivity index (χ1) is 15.9. The molecule has 7 heteroatoms. The summed E-state index contributed by atoms with van der Waals surface area (Å²) in [5.41, 5.74) is 7.11. The summed E-state index contributed by atoms with van der Waals surface area (Å²) in [5, 5.41) is 13.2. The predicted octanol–water partition coefficient (Wildman–Crippen LogP) is 3.92. The molecule has 0 atom stereocenters. The van der Waals surface area contributed by atoms with Crippen LogP contribution in [-0.2, 0) is 14.3 Å². The Labute approximate surface area is 193 Å². The van der Waals surface area contributed by atoms with Gasteiger partial charge in [-0.05, 0) is 65.5 Å². The molecule has 0 saturated carbocycles. The first-order valence-corrected chi connectivity index (χ1v) is 10.9. The van der Waals surface area contributed by atoms with E-state index in [1.54, 1.807) is 12.1 Å². The normalized spacial score (nSPS) is 16.9. The number of amides is 1. The van der Waals surface area contributed by atoms with Gasteiger partial charge in [-0.1, -0.05) is 23.8 Å². The van der Waals surface area contributed by atoms with Crippen molar-refractivity contribution in [1.82, 2.24) is 5.32 Å². The third-order valence-corrected chi connectivity index (χ3v) is 5.95. The number of carbonyl (C=O) groups is 1. The monoisotopic (exact) mass is 451 g/mol. The van der Waals surface area contributed by atoms with Crippen LogP contribution >= 0.6 is 0 Å². The molecule has 1 amide bonds.